The normalized spacial score (nSPS) is 25.7. The first kappa shape index (κ1) is 10.6. The zero-order valence-electron chi connectivity index (χ0n) is 8.71. The fraction of sp³-hybridized carbons (Fsp3) is 0.909. The summed E-state index contributed by atoms with van der Waals surface area (Å²) in [4.78, 5) is 11.1. The lowest BCUT2D eigenvalue weighted by atomic mass is 10.1. The second-order valence-electron chi connectivity index (χ2n) is 3.97. The second kappa shape index (κ2) is 5.25. The molecule has 76 valence electrons. The number of unbranched alkanes of at least 4 members (excludes halogenated alkanes) is 3. The third-order valence-electron chi connectivity index (χ3n) is 2.85. The largest absolute Gasteiger partial charge is 0.469 e. The highest BCUT2D eigenvalue weighted by Crippen LogP contribution is 2.43. The standard InChI is InChI=1S/C11H20O2/c1-3-4-5-6-7-9-8-10(9)11(12)13-2/h9-10H,3-8H2,1-2H3/t9-,10+/m1/s1. The summed E-state index contributed by atoms with van der Waals surface area (Å²) < 4.78 is 4.69. The first-order valence-corrected chi connectivity index (χ1v) is 5.37. The fourth-order valence-corrected chi connectivity index (χ4v) is 1.84. The molecular formula is C11H20O2. The SMILES string of the molecule is CCCCCC[C@@H]1C[C@@H]1C(=O)OC. The van der Waals surface area contributed by atoms with E-state index in [1.54, 1.807) is 0 Å². The van der Waals surface area contributed by atoms with Gasteiger partial charge in [-0.25, -0.2) is 0 Å². The maximum Gasteiger partial charge on any atom is 0.308 e. The van der Waals surface area contributed by atoms with Gasteiger partial charge in [-0.2, -0.15) is 0 Å². The van der Waals surface area contributed by atoms with Gasteiger partial charge in [-0.05, 0) is 18.8 Å². The molecule has 2 heteroatoms. The Morgan fingerprint density at radius 1 is 1.38 bits per heavy atom. The lowest BCUT2D eigenvalue weighted by molar-refractivity contribution is -0.142. The molecule has 1 saturated carbocycles. The highest BCUT2D eigenvalue weighted by molar-refractivity contribution is 5.75. The van der Waals surface area contributed by atoms with Crippen LogP contribution in [0.1, 0.15) is 45.4 Å². The summed E-state index contributed by atoms with van der Waals surface area (Å²) in [6, 6.07) is 0. The molecule has 0 aromatic carbocycles. The highest BCUT2D eigenvalue weighted by atomic mass is 16.5. The minimum absolute atomic E-state index is 0.000455. The molecule has 0 aliphatic heterocycles. The average Bonchev–Trinajstić information content (AvgIpc) is 2.91. The maximum atomic E-state index is 11.1. The van der Waals surface area contributed by atoms with Crippen LogP contribution >= 0.6 is 0 Å². The molecule has 0 unspecified atom stereocenters. The van der Waals surface area contributed by atoms with E-state index in [1.165, 1.54) is 39.2 Å². The summed E-state index contributed by atoms with van der Waals surface area (Å²) in [5.41, 5.74) is 0. The van der Waals surface area contributed by atoms with Crippen molar-refractivity contribution in [2.75, 3.05) is 7.11 Å². The number of esters is 1. The summed E-state index contributed by atoms with van der Waals surface area (Å²) >= 11 is 0. The number of ether oxygens (including phenoxy) is 1. The summed E-state index contributed by atoms with van der Waals surface area (Å²) in [5, 5.41) is 0. The van der Waals surface area contributed by atoms with Gasteiger partial charge in [0.15, 0.2) is 0 Å². The van der Waals surface area contributed by atoms with Crippen molar-refractivity contribution in [3.8, 4) is 0 Å². The molecule has 2 atom stereocenters. The predicted molar refractivity (Wildman–Crippen MR) is 52.4 cm³/mol. The van der Waals surface area contributed by atoms with E-state index in [4.69, 9.17) is 4.74 Å². The summed E-state index contributed by atoms with van der Waals surface area (Å²) in [6.07, 6.45) is 7.51. The number of methoxy groups -OCH3 is 1. The van der Waals surface area contributed by atoms with Crippen molar-refractivity contribution in [1.82, 2.24) is 0 Å². The molecule has 0 saturated heterocycles. The van der Waals surface area contributed by atoms with Crippen molar-refractivity contribution in [1.29, 1.82) is 0 Å². The molecule has 1 rings (SSSR count). The van der Waals surface area contributed by atoms with Crippen molar-refractivity contribution in [3.63, 3.8) is 0 Å². The van der Waals surface area contributed by atoms with Crippen LogP contribution in [0.2, 0.25) is 0 Å². The van der Waals surface area contributed by atoms with Crippen LogP contribution in [0.4, 0.5) is 0 Å². The molecule has 1 aliphatic carbocycles. The van der Waals surface area contributed by atoms with Gasteiger partial charge in [0.25, 0.3) is 0 Å². The molecule has 13 heavy (non-hydrogen) atoms. The van der Waals surface area contributed by atoms with Gasteiger partial charge in [-0.3, -0.25) is 4.79 Å². The van der Waals surface area contributed by atoms with Gasteiger partial charge < -0.3 is 4.74 Å². The molecule has 0 aromatic rings. The average molecular weight is 184 g/mol. The monoisotopic (exact) mass is 184 g/mol. The van der Waals surface area contributed by atoms with Crippen LogP contribution in [-0.4, -0.2) is 13.1 Å². The smallest absolute Gasteiger partial charge is 0.308 e. The first-order valence-electron chi connectivity index (χ1n) is 5.37. The van der Waals surface area contributed by atoms with Gasteiger partial charge in [0, 0.05) is 0 Å². The molecule has 1 aliphatic rings. The molecule has 0 spiro atoms. The molecule has 0 bridgehead atoms. The van der Waals surface area contributed by atoms with E-state index in [-0.39, 0.29) is 11.9 Å². The van der Waals surface area contributed by atoms with Crippen LogP contribution < -0.4 is 0 Å². The van der Waals surface area contributed by atoms with E-state index in [1.807, 2.05) is 0 Å². The van der Waals surface area contributed by atoms with Crippen LogP contribution in [0, 0.1) is 11.8 Å². The Labute approximate surface area is 80.7 Å². The van der Waals surface area contributed by atoms with Crippen molar-refractivity contribution in [2.45, 2.75) is 45.4 Å². The fourth-order valence-electron chi connectivity index (χ4n) is 1.84. The van der Waals surface area contributed by atoms with Crippen LogP contribution in [0.15, 0.2) is 0 Å². The second-order valence-corrected chi connectivity index (χ2v) is 3.97. The van der Waals surface area contributed by atoms with E-state index in [9.17, 15) is 4.79 Å². The maximum absolute atomic E-state index is 11.1. The first-order chi connectivity index (χ1) is 6.29. The van der Waals surface area contributed by atoms with Crippen molar-refractivity contribution < 1.29 is 9.53 Å². The number of hydrogen-bond donors (Lipinski definition) is 0. The van der Waals surface area contributed by atoms with E-state index in [2.05, 4.69) is 6.92 Å². The van der Waals surface area contributed by atoms with Gasteiger partial charge in [-0.1, -0.05) is 32.6 Å². The molecule has 0 radical (unpaired) electrons. The number of carbonyl (C=O) groups is 1. The molecule has 0 heterocycles. The number of rotatable bonds is 6. The Balaban J connectivity index is 1.98. The number of hydrogen-bond acceptors (Lipinski definition) is 2. The molecule has 2 nitrogen and oxygen atoms in total. The van der Waals surface area contributed by atoms with E-state index in [0.29, 0.717) is 5.92 Å². The molecule has 0 N–H and O–H groups in total. The van der Waals surface area contributed by atoms with E-state index in [0.717, 1.165) is 6.42 Å². The van der Waals surface area contributed by atoms with Crippen LogP contribution in [0.3, 0.4) is 0 Å². The Morgan fingerprint density at radius 2 is 2.15 bits per heavy atom. The molecular weight excluding hydrogens is 164 g/mol. The molecule has 1 fully saturated rings. The topological polar surface area (TPSA) is 26.3 Å². The quantitative estimate of drug-likeness (QED) is 0.468. The van der Waals surface area contributed by atoms with Gasteiger partial charge in [0.1, 0.15) is 0 Å². The van der Waals surface area contributed by atoms with Gasteiger partial charge >= 0.3 is 5.97 Å². The number of carbonyl (C=O) groups excluding carboxylic acids is 1. The highest BCUT2D eigenvalue weighted by Gasteiger charge is 2.42. The minimum atomic E-state index is 0.000455. The van der Waals surface area contributed by atoms with Crippen molar-refractivity contribution in [2.24, 2.45) is 11.8 Å². The van der Waals surface area contributed by atoms with Gasteiger partial charge in [-0.15, -0.1) is 0 Å². The third kappa shape index (κ3) is 3.37. The Morgan fingerprint density at radius 3 is 2.77 bits per heavy atom. The van der Waals surface area contributed by atoms with Crippen molar-refractivity contribution in [3.05, 3.63) is 0 Å². The molecule has 0 aromatic heterocycles. The summed E-state index contributed by atoms with van der Waals surface area (Å²) in [7, 11) is 1.48. The van der Waals surface area contributed by atoms with Crippen molar-refractivity contribution >= 4 is 5.97 Å². The minimum Gasteiger partial charge on any atom is -0.469 e. The van der Waals surface area contributed by atoms with Gasteiger partial charge in [0.05, 0.1) is 13.0 Å². The lowest BCUT2D eigenvalue weighted by Crippen LogP contribution is -2.04. The Kier molecular flexibility index (Phi) is 4.26. The summed E-state index contributed by atoms with van der Waals surface area (Å²) in [5.74, 6) is 0.886. The van der Waals surface area contributed by atoms with Crippen LogP contribution in [-0.2, 0) is 9.53 Å². The van der Waals surface area contributed by atoms with Crippen LogP contribution in [0.5, 0.6) is 0 Å². The Hall–Kier alpha value is -0.530. The third-order valence-corrected chi connectivity index (χ3v) is 2.85. The van der Waals surface area contributed by atoms with E-state index >= 15 is 0 Å². The lowest BCUT2D eigenvalue weighted by Gasteiger charge is -1.99. The Bertz CT molecular complexity index is 165. The predicted octanol–water partition coefficient (Wildman–Crippen LogP) is 2.77. The molecule has 0 amide bonds. The van der Waals surface area contributed by atoms with E-state index < -0.39 is 0 Å². The zero-order chi connectivity index (χ0) is 9.68. The summed E-state index contributed by atoms with van der Waals surface area (Å²) in [6.45, 7) is 2.22. The zero-order valence-corrected chi connectivity index (χ0v) is 8.71. The van der Waals surface area contributed by atoms with Crippen LogP contribution in [0.25, 0.3) is 0 Å². The van der Waals surface area contributed by atoms with Gasteiger partial charge in [0.2, 0.25) is 0 Å².